The standard InChI is InChI=1S/C65H49NO/c1-4-19-45(20-5-1)51-30-16-21-46-22-17-31-56(63(46)51)54-28-11-14-34-60(54)66(61-35-18-32-57-55-29-12-15-36-62(55)67-64(57)61)50-40-37-44(38-41-50)47-39-42-53-52-27-10-13-33-58(52)65(59(53)43-47,48-23-6-2-7-24-48)49-25-8-3-9-26-49/h2-3,6-18,21-43,45H,1,4-5,19-20H2. The normalized spacial score (nSPS) is 14.3. The van der Waals surface area contributed by atoms with E-state index in [1.807, 2.05) is 0 Å². The molecule has 67 heavy (non-hydrogen) atoms. The molecule has 0 amide bonds. The number of nitrogens with zero attached hydrogens (tertiary/aromatic N) is 1. The van der Waals surface area contributed by atoms with Crippen LogP contribution in [0.2, 0.25) is 0 Å². The molecule has 10 aromatic carbocycles. The summed E-state index contributed by atoms with van der Waals surface area (Å²) < 4.78 is 6.83. The summed E-state index contributed by atoms with van der Waals surface area (Å²) in [6.07, 6.45) is 6.42. The van der Waals surface area contributed by atoms with Gasteiger partial charge in [0, 0.05) is 22.0 Å². The van der Waals surface area contributed by atoms with Gasteiger partial charge in [-0.1, -0.05) is 213 Å². The van der Waals surface area contributed by atoms with Crippen molar-refractivity contribution in [2.45, 2.75) is 43.4 Å². The maximum atomic E-state index is 6.83. The Balaban J connectivity index is 0.993. The van der Waals surface area contributed by atoms with Gasteiger partial charge in [-0.2, -0.15) is 0 Å². The van der Waals surface area contributed by atoms with Gasteiger partial charge in [0.05, 0.1) is 16.8 Å². The molecule has 1 fully saturated rings. The van der Waals surface area contributed by atoms with Crippen molar-refractivity contribution in [3.05, 3.63) is 258 Å². The highest BCUT2D eigenvalue weighted by atomic mass is 16.3. The molecule has 0 atom stereocenters. The number of hydrogen-bond acceptors (Lipinski definition) is 2. The number of benzene rings is 10. The van der Waals surface area contributed by atoms with Crippen molar-refractivity contribution in [2.24, 2.45) is 0 Å². The molecule has 0 bridgehead atoms. The Kier molecular flexibility index (Phi) is 9.53. The van der Waals surface area contributed by atoms with E-state index in [-0.39, 0.29) is 0 Å². The zero-order valence-corrected chi connectivity index (χ0v) is 37.4. The fourth-order valence-corrected chi connectivity index (χ4v) is 12.0. The summed E-state index contributed by atoms with van der Waals surface area (Å²) in [7, 11) is 0. The molecule has 2 aliphatic rings. The molecule has 2 aliphatic carbocycles. The molecular weight excluding hydrogens is 811 g/mol. The second-order valence-electron chi connectivity index (χ2n) is 18.5. The minimum Gasteiger partial charge on any atom is -0.454 e. The van der Waals surface area contributed by atoms with Crippen molar-refractivity contribution in [1.82, 2.24) is 0 Å². The van der Waals surface area contributed by atoms with Crippen molar-refractivity contribution >= 4 is 49.8 Å². The van der Waals surface area contributed by atoms with E-state index in [4.69, 9.17) is 4.42 Å². The van der Waals surface area contributed by atoms with Crippen molar-refractivity contribution in [1.29, 1.82) is 0 Å². The molecule has 0 spiro atoms. The first kappa shape index (κ1) is 39.4. The lowest BCUT2D eigenvalue weighted by Crippen LogP contribution is -2.28. The van der Waals surface area contributed by atoms with Crippen LogP contribution in [0.25, 0.3) is 66.1 Å². The van der Waals surface area contributed by atoms with Gasteiger partial charge in [0.1, 0.15) is 5.58 Å². The van der Waals surface area contributed by atoms with Gasteiger partial charge in [-0.15, -0.1) is 0 Å². The Labute approximate surface area is 392 Å². The molecule has 0 unspecified atom stereocenters. The van der Waals surface area contributed by atoms with Crippen LogP contribution in [-0.2, 0) is 5.41 Å². The molecule has 1 heterocycles. The molecule has 2 nitrogen and oxygen atoms in total. The minimum absolute atomic E-state index is 0.464. The van der Waals surface area contributed by atoms with Crippen LogP contribution in [-0.4, -0.2) is 0 Å². The average molecular weight is 860 g/mol. The van der Waals surface area contributed by atoms with Crippen molar-refractivity contribution in [3.8, 4) is 33.4 Å². The summed E-state index contributed by atoms with van der Waals surface area (Å²) >= 11 is 0. The van der Waals surface area contributed by atoms with E-state index in [0.29, 0.717) is 5.92 Å². The van der Waals surface area contributed by atoms with E-state index in [0.717, 1.165) is 39.0 Å². The molecule has 1 saturated carbocycles. The number of rotatable bonds is 8. The van der Waals surface area contributed by atoms with Gasteiger partial charge in [-0.3, -0.25) is 0 Å². The summed E-state index contributed by atoms with van der Waals surface area (Å²) in [6, 6.07) is 85.2. The monoisotopic (exact) mass is 859 g/mol. The van der Waals surface area contributed by atoms with Crippen LogP contribution < -0.4 is 4.90 Å². The number of furan rings is 1. The Bertz CT molecular complexity index is 3570. The third-order valence-electron chi connectivity index (χ3n) is 15.0. The molecular formula is C65H49NO. The highest BCUT2D eigenvalue weighted by Crippen LogP contribution is 2.57. The number of anilines is 3. The van der Waals surface area contributed by atoms with Crippen LogP contribution in [0, 0.1) is 0 Å². The van der Waals surface area contributed by atoms with Gasteiger partial charge in [0.25, 0.3) is 0 Å². The predicted octanol–water partition coefficient (Wildman–Crippen LogP) is 18.0. The Morgan fingerprint density at radius 3 is 1.81 bits per heavy atom. The van der Waals surface area contributed by atoms with Gasteiger partial charge in [-0.25, -0.2) is 0 Å². The fourth-order valence-electron chi connectivity index (χ4n) is 12.0. The van der Waals surface area contributed by atoms with Gasteiger partial charge in [-0.05, 0) is 122 Å². The number of para-hydroxylation sites is 3. The van der Waals surface area contributed by atoms with Gasteiger partial charge < -0.3 is 9.32 Å². The second-order valence-corrected chi connectivity index (χ2v) is 18.5. The minimum atomic E-state index is -0.464. The van der Waals surface area contributed by atoms with Crippen LogP contribution >= 0.6 is 0 Å². The molecule has 1 aromatic heterocycles. The zero-order chi connectivity index (χ0) is 44.3. The maximum absolute atomic E-state index is 6.83. The maximum Gasteiger partial charge on any atom is 0.159 e. The SMILES string of the molecule is c1ccc(C2(c3ccccc3)c3ccccc3-c3ccc(-c4ccc(N(c5ccccc5-c5cccc6cccc(C7CCCCC7)c56)c5cccc6c5oc5ccccc56)cc4)cc32)cc1. The van der Waals surface area contributed by atoms with Crippen LogP contribution in [0.1, 0.15) is 65.8 Å². The predicted molar refractivity (Wildman–Crippen MR) is 280 cm³/mol. The summed E-state index contributed by atoms with van der Waals surface area (Å²) in [5.41, 5.74) is 18.5. The summed E-state index contributed by atoms with van der Waals surface area (Å²) in [4.78, 5) is 2.43. The Morgan fingerprint density at radius 1 is 0.418 bits per heavy atom. The number of hydrogen-bond donors (Lipinski definition) is 0. The molecule has 320 valence electrons. The molecule has 2 heteroatoms. The fraction of sp³-hybridized carbons (Fsp3) is 0.108. The Morgan fingerprint density at radius 2 is 1.01 bits per heavy atom. The summed E-state index contributed by atoms with van der Waals surface area (Å²) in [5, 5.41) is 4.90. The highest BCUT2D eigenvalue weighted by Gasteiger charge is 2.46. The van der Waals surface area contributed by atoms with Gasteiger partial charge in [0.15, 0.2) is 5.58 Å². The third kappa shape index (κ3) is 6.31. The number of fused-ring (bicyclic) bond motifs is 7. The van der Waals surface area contributed by atoms with Crippen LogP contribution in [0.15, 0.2) is 235 Å². The summed E-state index contributed by atoms with van der Waals surface area (Å²) in [5.74, 6) is 0.567. The largest absolute Gasteiger partial charge is 0.454 e. The first-order chi connectivity index (χ1) is 33.3. The van der Waals surface area contributed by atoms with Crippen molar-refractivity contribution in [2.75, 3.05) is 4.90 Å². The lowest BCUT2D eigenvalue weighted by Gasteiger charge is -2.34. The first-order valence-electron chi connectivity index (χ1n) is 24.0. The van der Waals surface area contributed by atoms with Crippen molar-refractivity contribution in [3.63, 3.8) is 0 Å². The van der Waals surface area contributed by atoms with E-state index in [2.05, 4.69) is 235 Å². The molecule has 0 radical (unpaired) electrons. The molecule has 0 saturated heterocycles. The van der Waals surface area contributed by atoms with E-state index in [1.54, 1.807) is 0 Å². The summed E-state index contributed by atoms with van der Waals surface area (Å²) in [6.45, 7) is 0. The molecule has 13 rings (SSSR count). The Hall–Kier alpha value is -7.94. The topological polar surface area (TPSA) is 16.4 Å². The van der Waals surface area contributed by atoms with E-state index < -0.39 is 5.41 Å². The van der Waals surface area contributed by atoms with E-state index >= 15 is 0 Å². The van der Waals surface area contributed by atoms with Crippen LogP contribution in [0.3, 0.4) is 0 Å². The second kappa shape index (κ2) is 16.2. The van der Waals surface area contributed by atoms with Crippen molar-refractivity contribution < 1.29 is 4.42 Å². The third-order valence-corrected chi connectivity index (χ3v) is 15.0. The molecule has 11 aromatic rings. The molecule has 0 N–H and O–H groups in total. The smallest absolute Gasteiger partial charge is 0.159 e. The van der Waals surface area contributed by atoms with Crippen LogP contribution in [0.5, 0.6) is 0 Å². The lowest BCUT2D eigenvalue weighted by atomic mass is 9.67. The highest BCUT2D eigenvalue weighted by molar-refractivity contribution is 6.11. The van der Waals surface area contributed by atoms with E-state index in [9.17, 15) is 0 Å². The van der Waals surface area contributed by atoms with Crippen LogP contribution in [0.4, 0.5) is 17.1 Å². The van der Waals surface area contributed by atoms with Gasteiger partial charge in [0.2, 0.25) is 0 Å². The molecule has 0 aliphatic heterocycles. The quantitative estimate of drug-likeness (QED) is 0.151. The first-order valence-corrected chi connectivity index (χ1v) is 24.0. The average Bonchev–Trinajstić information content (AvgIpc) is 3.94. The lowest BCUT2D eigenvalue weighted by molar-refractivity contribution is 0.445. The van der Waals surface area contributed by atoms with Gasteiger partial charge >= 0.3 is 0 Å². The zero-order valence-electron chi connectivity index (χ0n) is 37.4. The van der Waals surface area contributed by atoms with E-state index in [1.165, 1.54) is 104 Å².